The van der Waals surface area contributed by atoms with E-state index in [0.29, 0.717) is 39.3 Å². The Morgan fingerprint density at radius 3 is 2.07 bits per heavy atom. The van der Waals surface area contributed by atoms with E-state index in [-0.39, 0.29) is 73.8 Å². The first kappa shape index (κ1) is 37.2. The van der Waals surface area contributed by atoms with E-state index >= 15 is 0 Å². The number of hydrogen-bond donors (Lipinski definition) is 1. The third-order valence-electron chi connectivity index (χ3n) is 11.4. The molecule has 2 heterocycles. The molecule has 2 aromatic heterocycles. The van der Waals surface area contributed by atoms with Gasteiger partial charge in [0.05, 0.1) is 27.8 Å². The van der Waals surface area contributed by atoms with Crippen LogP contribution in [-0.4, -0.2) is 19.6 Å². The van der Waals surface area contributed by atoms with Crippen LogP contribution < -0.4 is 0 Å². The molecule has 8 rings (SSSR count). The number of benzene rings is 6. The van der Waals surface area contributed by atoms with Gasteiger partial charge in [-0.15, -0.1) is 29.3 Å². The molecule has 4 nitrogen and oxygen atoms in total. The summed E-state index contributed by atoms with van der Waals surface area (Å²) in [6.07, 6.45) is 1.64. The molecule has 0 aliphatic carbocycles. The summed E-state index contributed by atoms with van der Waals surface area (Å²) < 4.78 is 45.8. The Morgan fingerprint density at radius 2 is 1.39 bits per heavy atom. The van der Waals surface area contributed by atoms with Crippen LogP contribution in [0.1, 0.15) is 115 Å². The zero-order valence-electron chi connectivity index (χ0n) is 41.7. The van der Waals surface area contributed by atoms with Crippen molar-refractivity contribution in [3.8, 4) is 67.5 Å². The normalized spacial score (nSPS) is 13.1. The molecule has 0 fully saturated rings. The molecule has 0 radical (unpaired) electrons. The second-order valence-electron chi connectivity index (χ2n) is 17.7. The summed E-state index contributed by atoms with van der Waals surface area (Å²) in [6.45, 7) is 20.4. The number of aromatic nitrogens is 3. The van der Waals surface area contributed by atoms with Crippen LogP contribution in [0.25, 0.3) is 72.7 Å². The first-order valence-corrected chi connectivity index (χ1v) is 20.9. The number of imidazole rings is 1. The number of hydrogen-bond acceptors (Lipinski definition) is 3. The fourth-order valence-corrected chi connectivity index (χ4v) is 7.79. The summed E-state index contributed by atoms with van der Waals surface area (Å²) in [5.74, 6) is 0.164. The van der Waals surface area contributed by atoms with Crippen LogP contribution in [0.4, 0.5) is 0 Å². The van der Waals surface area contributed by atoms with Gasteiger partial charge in [-0.05, 0) is 93.8 Å². The third kappa shape index (κ3) is 8.66. The van der Waals surface area contributed by atoms with E-state index in [9.17, 15) is 5.11 Å². The van der Waals surface area contributed by atoms with Gasteiger partial charge in [0.2, 0.25) is 0 Å². The number of pyridine rings is 1. The van der Waals surface area contributed by atoms with Crippen LogP contribution in [-0.2, 0) is 26.5 Å². The fraction of sp³-hybridized carbons (Fsp3) is 0.250. The maximum absolute atomic E-state index is 12.3. The maximum atomic E-state index is 12.3. The van der Waals surface area contributed by atoms with Crippen LogP contribution in [0, 0.1) is 13.0 Å². The van der Waals surface area contributed by atoms with Crippen molar-refractivity contribution >= 4 is 11.0 Å². The van der Waals surface area contributed by atoms with Gasteiger partial charge in [0.1, 0.15) is 11.6 Å². The quantitative estimate of drug-likeness (QED) is 0.147. The van der Waals surface area contributed by atoms with Crippen molar-refractivity contribution in [2.45, 2.75) is 92.4 Å². The molecule has 1 N–H and O–H groups in total. The van der Waals surface area contributed by atoms with E-state index in [2.05, 4.69) is 120 Å². The van der Waals surface area contributed by atoms with Crippen LogP contribution in [0.5, 0.6) is 5.75 Å². The van der Waals surface area contributed by atoms with Gasteiger partial charge in [0.25, 0.3) is 0 Å². The molecule has 0 saturated heterocycles. The minimum Gasteiger partial charge on any atom is -0.507 e. The first-order valence-electron chi connectivity index (χ1n) is 23.4. The number of nitrogens with zero attached hydrogens (tertiary/aromatic N) is 3. The number of phenolic OH excluding ortho intramolecular Hbond substituents is 1. The molecule has 0 atom stereocenters. The molecule has 0 aliphatic rings. The van der Waals surface area contributed by atoms with Crippen molar-refractivity contribution in [2.75, 3.05) is 0 Å². The van der Waals surface area contributed by atoms with E-state index in [0.717, 1.165) is 55.7 Å². The van der Waals surface area contributed by atoms with Crippen LogP contribution in [0.15, 0.2) is 133 Å². The average Bonchev–Trinajstić information content (AvgIpc) is 3.66. The summed E-state index contributed by atoms with van der Waals surface area (Å²) in [6, 6.07) is 37.9. The zero-order valence-corrected chi connectivity index (χ0v) is 38.9. The van der Waals surface area contributed by atoms with E-state index in [1.165, 1.54) is 0 Å². The molecule has 5 heteroatoms. The zero-order chi connectivity index (χ0) is 46.9. The Balaban J connectivity index is 0.00000648. The summed E-state index contributed by atoms with van der Waals surface area (Å²) in [5, 5.41) is 12.3. The summed E-state index contributed by atoms with van der Waals surface area (Å²) in [4.78, 5) is 10.3. The predicted octanol–water partition coefficient (Wildman–Crippen LogP) is 15.2. The van der Waals surface area contributed by atoms with Crippen molar-refractivity contribution in [1.29, 1.82) is 0 Å². The molecule has 0 spiro atoms. The SMILES string of the molecule is [2H]c1c([2H])c(-c2ccnc(-c3[c-]c(-c4cccc5c4nc(-c4cc(C(C)C)cc(C(C)C)c4O)n5-c4ccc(C([2H])(C)C)cc4-c4ccccc4)cc(C(C)(C)C)c3)c2)c([2H])c([2H])c1C.[Pt]. The van der Waals surface area contributed by atoms with Crippen molar-refractivity contribution in [3.05, 3.63) is 167 Å². The van der Waals surface area contributed by atoms with Gasteiger partial charge in [0, 0.05) is 39.9 Å². The Morgan fingerprint density at radius 1 is 0.689 bits per heavy atom. The summed E-state index contributed by atoms with van der Waals surface area (Å²) >= 11 is 0. The van der Waals surface area contributed by atoms with Crippen molar-refractivity contribution in [3.63, 3.8) is 0 Å². The predicted molar refractivity (Wildman–Crippen MR) is 252 cm³/mol. The Kier molecular flexibility index (Phi) is 10.6. The minimum atomic E-state index is -0.854. The molecular weight excluding hydrogens is 926 g/mol. The molecule has 0 aliphatic heterocycles. The van der Waals surface area contributed by atoms with Gasteiger partial charge in [-0.2, -0.15) is 0 Å². The van der Waals surface area contributed by atoms with Crippen LogP contribution in [0.3, 0.4) is 0 Å². The van der Waals surface area contributed by atoms with Crippen LogP contribution in [0.2, 0.25) is 0 Å². The first-order chi connectivity index (χ1) is 30.6. The van der Waals surface area contributed by atoms with E-state index in [1.807, 2.05) is 50.2 Å². The summed E-state index contributed by atoms with van der Waals surface area (Å²) in [5.41, 5.74) is 12.5. The van der Waals surface area contributed by atoms with Crippen molar-refractivity contribution in [1.82, 2.24) is 14.5 Å². The molecule has 8 aromatic rings. The van der Waals surface area contributed by atoms with Gasteiger partial charge < -0.3 is 5.11 Å². The third-order valence-corrected chi connectivity index (χ3v) is 11.4. The van der Waals surface area contributed by atoms with E-state index < -0.39 is 5.89 Å². The molecule has 0 saturated carbocycles. The Labute approximate surface area is 384 Å². The van der Waals surface area contributed by atoms with Crippen molar-refractivity contribution < 1.29 is 33.0 Å². The maximum Gasteiger partial charge on any atom is 0.148 e. The average molecular weight is 987 g/mol. The number of fused-ring (bicyclic) bond motifs is 1. The Bertz CT molecular complexity index is 3120. The van der Waals surface area contributed by atoms with Gasteiger partial charge in [-0.3, -0.25) is 9.55 Å². The smallest absolute Gasteiger partial charge is 0.148 e. The van der Waals surface area contributed by atoms with E-state index in [1.54, 1.807) is 19.2 Å². The van der Waals surface area contributed by atoms with Crippen LogP contribution >= 0.6 is 0 Å². The van der Waals surface area contributed by atoms with Gasteiger partial charge in [-0.25, -0.2) is 4.98 Å². The largest absolute Gasteiger partial charge is 0.507 e. The molecule has 61 heavy (non-hydrogen) atoms. The van der Waals surface area contributed by atoms with E-state index in [4.69, 9.17) is 16.8 Å². The number of para-hydroxylation sites is 1. The molecule has 0 bridgehead atoms. The number of aromatic hydroxyl groups is 1. The molecular formula is C56H56N3OPt-. The molecule has 6 aromatic carbocycles. The second kappa shape index (κ2) is 17.4. The molecule has 0 amide bonds. The van der Waals surface area contributed by atoms with Gasteiger partial charge in [0.15, 0.2) is 0 Å². The Hall–Kier alpha value is -5.57. The number of rotatable bonds is 9. The standard InChI is InChI=1S/C56H56N3O.Pt/c1-34(2)40-23-24-51(48(30-40)39-15-12-11-13-16-39)59-52-18-14-17-46(53(52)58-55(59)49-32-42(35(3)4)31-47(36(5)6)54(49)60)43-27-44(29-45(28-43)56(8,9)10)50-33-41(25-26-57-50)38-21-19-37(7)20-22-38;/h11-26,28-36,60H,1-10H3;/q-1;/i19D,20D,21D,22D,34D;. The molecule has 0 unspecified atom stereocenters. The van der Waals surface area contributed by atoms with Gasteiger partial charge >= 0.3 is 0 Å². The van der Waals surface area contributed by atoms with Crippen molar-refractivity contribution in [2.24, 2.45) is 0 Å². The van der Waals surface area contributed by atoms with Gasteiger partial charge in [-0.1, -0.05) is 164 Å². The molecule has 312 valence electrons. The number of phenols is 1. The monoisotopic (exact) mass is 986 g/mol. The minimum absolute atomic E-state index is 0. The second-order valence-corrected chi connectivity index (χ2v) is 17.7. The topological polar surface area (TPSA) is 50.9 Å². The summed E-state index contributed by atoms with van der Waals surface area (Å²) in [7, 11) is 0. The fourth-order valence-electron chi connectivity index (χ4n) is 7.79.